The Balaban J connectivity index is 1.97. The topological polar surface area (TPSA) is 95.5 Å². The lowest BCUT2D eigenvalue weighted by atomic mass is 10.1. The van der Waals surface area contributed by atoms with Crippen molar-refractivity contribution in [1.82, 2.24) is 10.6 Å². The minimum Gasteiger partial charge on any atom is -0.480 e. The van der Waals surface area contributed by atoms with Crippen LogP contribution < -0.4 is 10.6 Å². The number of carboxylic acid groups (broad SMARTS) is 1. The van der Waals surface area contributed by atoms with E-state index >= 15 is 0 Å². The zero-order valence-corrected chi connectivity index (χ0v) is 12.5. The molecule has 1 aliphatic carbocycles. The molecule has 2 rings (SSSR count). The SMILES string of the molecule is CC(=O)NC(CC(=O)NC(C(=O)O)C1CC1)c1cccs1. The van der Waals surface area contributed by atoms with E-state index < -0.39 is 18.1 Å². The predicted molar refractivity (Wildman–Crippen MR) is 77.8 cm³/mol. The molecular formula is C14H18N2O4S. The van der Waals surface area contributed by atoms with Gasteiger partial charge in [0, 0.05) is 11.8 Å². The highest BCUT2D eigenvalue weighted by Gasteiger charge is 2.37. The molecule has 0 aliphatic heterocycles. The number of nitrogens with one attached hydrogen (secondary N) is 2. The number of aliphatic carboxylic acids is 1. The molecule has 1 fully saturated rings. The van der Waals surface area contributed by atoms with E-state index in [-0.39, 0.29) is 24.2 Å². The summed E-state index contributed by atoms with van der Waals surface area (Å²) in [5, 5.41) is 16.3. The summed E-state index contributed by atoms with van der Waals surface area (Å²) in [5.41, 5.74) is 0. The smallest absolute Gasteiger partial charge is 0.326 e. The van der Waals surface area contributed by atoms with E-state index in [4.69, 9.17) is 5.11 Å². The van der Waals surface area contributed by atoms with Crippen LogP contribution in [-0.2, 0) is 14.4 Å². The Morgan fingerprint density at radius 3 is 2.57 bits per heavy atom. The summed E-state index contributed by atoms with van der Waals surface area (Å²) in [5.74, 6) is -1.55. The van der Waals surface area contributed by atoms with Crippen molar-refractivity contribution in [2.45, 2.75) is 38.3 Å². The van der Waals surface area contributed by atoms with Crippen LogP contribution in [-0.4, -0.2) is 28.9 Å². The summed E-state index contributed by atoms with van der Waals surface area (Å²) < 4.78 is 0. The van der Waals surface area contributed by atoms with Gasteiger partial charge in [-0.3, -0.25) is 9.59 Å². The fraction of sp³-hybridized carbons (Fsp3) is 0.500. The van der Waals surface area contributed by atoms with Gasteiger partial charge >= 0.3 is 5.97 Å². The lowest BCUT2D eigenvalue weighted by molar-refractivity contribution is -0.142. The lowest BCUT2D eigenvalue weighted by Crippen LogP contribution is -2.43. The van der Waals surface area contributed by atoms with Crippen LogP contribution in [0.2, 0.25) is 0 Å². The molecule has 6 nitrogen and oxygen atoms in total. The molecule has 114 valence electrons. The second-order valence-electron chi connectivity index (χ2n) is 5.19. The van der Waals surface area contributed by atoms with Gasteiger partial charge in [0.05, 0.1) is 12.5 Å². The number of rotatable bonds is 7. The zero-order chi connectivity index (χ0) is 15.4. The Morgan fingerprint density at radius 1 is 1.38 bits per heavy atom. The Labute approximate surface area is 126 Å². The van der Waals surface area contributed by atoms with Crippen LogP contribution >= 0.6 is 11.3 Å². The number of hydrogen-bond donors (Lipinski definition) is 3. The lowest BCUT2D eigenvalue weighted by Gasteiger charge is -2.18. The van der Waals surface area contributed by atoms with Crippen molar-refractivity contribution < 1.29 is 19.5 Å². The Hall–Kier alpha value is -1.89. The third-order valence-electron chi connectivity index (χ3n) is 3.33. The van der Waals surface area contributed by atoms with Gasteiger partial charge in [-0.15, -0.1) is 11.3 Å². The quantitative estimate of drug-likeness (QED) is 0.707. The molecule has 1 aromatic heterocycles. The highest BCUT2D eigenvalue weighted by molar-refractivity contribution is 7.10. The molecule has 1 saturated carbocycles. The van der Waals surface area contributed by atoms with E-state index in [1.165, 1.54) is 18.3 Å². The number of hydrogen-bond acceptors (Lipinski definition) is 4. The summed E-state index contributed by atoms with van der Waals surface area (Å²) in [4.78, 5) is 35.3. The van der Waals surface area contributed by atoms with Gasteiger partial charge in [-0.1, -0.05) is 6.07 Å². The molecule has 0 bridgehead atoms. The molecule has 1 aliphatic rings. The standard InChI is InChI=1S/C14H18N2O4S/c1-8(17)15-10(11-3-2-6-21-11)7-12(18)16-13(14(19)20)9-4-5-9/h2-3,6,9-10,13H,4-5,7H2,1H3,(H,15,17)(H,16,18)(H,19,20). The van der Waals surface area contributed by atoms with E-state index in [1.807, 2.05) is 17.5 Å². The Morgan fingerprint density at radius 2 is 2.10 bits per heavy atom. The highest BCUT2D eigenvalue weighted by atomic mass is 32.1. The Kier molecular flexibility index (Phi) is 4.95. The number of thiophene rings is 1. The Bertz CT molecular complexity index is 525. The molecule has 0 saturated heterocycles. The largest absolute Gasteiger partial charge is 0.480 e. The second kappa shape index (κ2) is 6.71. The maximum atomic E-state index is 12.1. The van der Waals surface area contributed by atoms with Gasteiger partial charge in [0.25, 0.3) is 0 Å². The zero-order valence-electron chi connectivity index (χ0n) is 11.7. The number of carboxylic acids is 1. The van der Waals surface area contributed by atoms with Gasteiger partial charge in [-0.05, 0) is 30.2 Å². The maximum absolute atomic E-state index is 12.1. The first-order chi connectivity index (χ1) is 9.97. The van der Waals surface area contributed by atoms with E-state index in [2.05, 4.69) is 10.6 Å². The van der Waals surface area contributed by atoms with E-state index in [9.17, 15) is 14.4 Å². The molecule has 21 heavy (non-hydrogen) atoms. The molecule has 3 N–H and O–H groups in total. The first-order valence-corrected chi connectivity index (χ1v) is 7.68. The number of carbonyl (C=O) groups excluding carboxylic acids is 2. The molecule has 0 aromatic carbocycles. The number of carbonyl (C=O) groups is 3. The van der Waals surface area contributed by atoms with Crippen LogP contribution in [0, 0.1) is 5.92 Å². The van der Waals surface area contributed by atoms with Gasteiger partial charge in [0.1, 0.15) is 6.04 Å². The molecule has 0 radical (unpaired) electrons. The summed E-state index contributed by atoms with van der Waals surface area (Å²) in [7, 11) is 0. The highest BCUT2D eigenvalue weighted by Crippen LogP contribution is 2.33. The normalized spacial score (nSPS) is 16.8. The van der Waals surface area contributed by atoms with Crippen LogP contribution in [0.1, 0.15) is 37.1 Å². The summed E-state index contributed by atoms with van der Waals surface area (Å²) >= 11 is 1.45. The monoisotopic (exact) mass is 310 g/mol. The molecule has 2 unspecified atom stereocenters. The third kappa shape index (κ3) is 4.56. The summed E-state index contributed by atoms with van der Waals surface area (Å²) in [6, 6.07) is 2.44. The van der Waals surface area contributed by atoms with Crippen molar-refractivity contribution in [2.24, 2.45) is 5.92 Å². The second-order valence-corrected chi connectivity index (χ2v) is 6.17. The van der Waals surface area contributed by atoms with Crippen LogP contribution in [0.3, 0.4) is 0 Å². The van der Waals surface area contributed by atoms with Gasteiger partial charge in [-0.2, -0.15) is 0 Å². The predicted octanol–water partition coefficient (Wildman–Crippen LogP) is 1.29. The van der Waals surface area contributed by atoms with Crippen molar-refractivity contribution in [1.29, 1.82) is 0 Å². The van der Waals surface area contributed by atoms with E-state index in [0.29, 0.717) is 0 Å². The van der Waals surface area contributed by atoms with Gasteiger partial charge in [-0.25, -0.2) is 4.79 Å². The first-order valence-electron chi connectivity index (χ1n) is 6.80. The molecule has 2 atom stereocenters. The minimum absolute atomic E-state index is 0.0346. The van der Waals surface area contributed by atoms with Crippen LogP contribution in [0.5, 0.6) is 0 Å². The molecule has 7 heteroatoms. The molecule has 2 amide bonds. The van der Waals surface area contributed by atoms with Crippen molar-refractivity contribution in [2.75, 3.05) is 0 Å². The van der Waals surface area contributed by atoms with Crippen molar-refractivity contribution >= 4 is 29.1 Å². The molecule has 1 aromatic rings. The third-order valence-corrected chi connectivity index (χ3v) is 4.32. The summed E-state index contributed by atoms with van der Waals surface area (Å²) in [6.07, 6.45) is 1.70. The maximum Gasteiger partial charge on any atom is 0.326 e. The van der Waals surface area contributed by atoms with Crippen molar-refractivity contribution in [3.8, 4) is 0 Å². The molecule has 1 heterocycles. The fourth-order valence-electron chi connectivity index (χ4n) is 2.19. The summed E-state index contributed by atoms with van der Waals surface area (Å²) in [6.45, 7) is 1.39. The van der Waals surface area contributed by atoms with Gasteiger partial charge < -0.3 is 15.7 Å². The van der Waals surface area contributed by atoms with Gasteiger partial charge in [0.15, 0.2) is 0 Å². The van der Waals surface area contributed by atoms with Crippen LogP contribution in [0.15, 0.2) is 17.5 Å². The van der Waals surface area contributed by atoms with Crippen LogP contribution in [0.25, 0.3) is 0 Å². The average Bonchev–Trinajstić information content (AvgIpc) is 3.07. The van der Waals surface area contributed by atoms with Crippen molar-refractivity contribution in [3.63, 3.8) is 0 Å². The number of amides is 2. The van der Waals surface area contributed by atoms with Crippen molar-refractivity contribution in [3.05, 3.63) is 22.4 Å². The first kappa shape index (κ1) is 15.5. The average molecular weight is 310 g/mol. The molecule has 0 spiro atoms. The van der Waals surface area contributed by atoms with E-state index in [0.717, 1.165) is 17.7 Å². The van der Waals surface area contributed by atoms with E-state index in [1.54, 1.807) is 0 Å². The fourth-order valence-corrected chi connectivity index (χ4v) is 2.96. The van der Waals surface area contributed by atoms with Crippen LogP contribution in [0.4, 0.5) is 0 Å². The van der Waals surface area contributed by atoms with Gasteiger partial charge in [0.2, 0.25) is 11.8 Å². The molecular weight excluding hydrogens is 292 g/mol. The minimum atomic E-state index is -1.00.